The molecule has 0 aromatic rings. The topological polar surface area (TPSA) is 12.0 Å². The van der Waals surface area contributed by atoms with Crippen LogP contribution in [0, 0.1) is 5.92 Å². The van der Waals surface area contributed by atoms with E-state index in [1.165, 1.54) is 25.8 Å². The first-order valence-electron chi connectivity index (χ1n) is 4.43. The summed E-state index contributed by atoms with van der Waals surface area (Å²) in [5, 5.41) is 3.62. The lowest BCUT2D eigenvalue weighted by Crippen LogP contribution is -2.33. The molecule has 1 aliphatic carbocycles. The van der Waals surface area contributed by atoms with E-state index in [0.29, 0.717) is 5.54 Å². The normalized spacial score (nSPS) is 21.6. The zero-order valence-electron chi connectivity index (χ0n) is 7.41. The summed E-state index contributed by atoms with van der Waals surface area (Å²) in [7, 11) is 0. The second kappa shape index (κ2) is 2.91. The highest BCUT2D eigenvalue weighted by atomic mass is 15.0. The standard InChI is InChI=1S/C9H19N/c1-4-9(5-6-9)10-7-8(2)3/h8,10H,4-7H2,1-3H3. The van der Waals surface area contributed by atoms with E-state index in [0.717, 1.165) is 5.92 Å². The van der Waals surface area contributed by atoms with Crippen molar-refractivity contribution in [1.29, 1.82) is 0 Å². The molecule has 1 N–H and O–H groups in total. The minimum Gasteiger partial charge on any atom is -0.311 e. The van der Waals surface area contributed by atoms with Crippen molar-refractivity contribution in [2.75, 3.05) is 6.54 Å². The van der Waals surface area contributed by atoms with Crippen molar-refractivity contribution in [2.45, 2.75) is 45.6 Å². The molecule has 0 atom stereocenters. The first-order chi connectivity index (χ1) is 4.68. The van der Waals surface area contributed by atoms with E-state index in [1.807, 2.05) is 0 Å². The molecule has 0 unspecified atom stereocenters. The Hall–Kier alpha value is -0.0400. The molecular formula is C9H19N. The highest BCUT2D eigenvalue weighted by Crippen LogP contribution is 2.38. The Labute approximate surface area is 64.2 Å². The molecule has 0 radical (unpaired) electrons. The largest absolute Gasteiger partial charge is 0.311 e. The van der Waals surface area contributed by atoms with Gasteiger partial charge in [0.1, 0.15) is 0 Å². The van der Waals surface area contributed by atoms with E-state index in [-0.39, 0.29) is 0 Å². The predicted molar refractivity (Wildman–Crippen MR) is 45.1 cm³/mol. The SMILES string of the molecule is CCC1(NCC(C)C)CC1. The van der Waals surface area contributed by atoms with Gasteiger partial charge in [0, 0.05) is 5.54 Å². The molecule has 0 aliphatic heterocycles. The van der Waals surface area contributed by atoms with E-state index in [2.05, 4.69) is 26.1 Å². The zero-order valence-corrected chi connectivity index (χ0v) is 7.41. The molecule has 1 nitrogen and oxygen atoms in total. The number of rotatable bonds is 4. The lowest BCUT2D eigenvalue weighted by atomic mass is 10.1. The maximum atomic E-state index is 3.62. The van der Waals surface area contributed by atoms with E-state index in [4.69, 9.17) is 0 Å². The molecule has 0 bridgehead atoms. The third-order valence-electron chi connectivity index (χ3n) is 2.42. The van der Waals surface area contributed by atoms with Crippen LogP contribution in [-0.2, 0) is 0 Å². The highest BCUT2D eigenvalue weighted by Gasteiger charge is 2.39. The van der Waals surface area contributed by atoms with Crippen molar-refractivity contribution in [3.05, 3.63) is 0 Å². The molecule has 0 aromatic carbocycles. The van der Waals surface area contributed by atoms with Gasteiger partial charge in [-0.05, 0) is 31.7 Å². The molecule has 0 saturated heterocycles. The molecule has 10 heavy (non-hydrogen) atoms. The first-order valence-corrected chi connectivity index (χ1v) is 4.43. The third kappa shape index (κ3) is 1.98. The van der Waals surface area contributed by atoms with Gasteiger partial charge in [-0.1, -0.05) is 20.8 Å². The predicted octanol–water partition coefficient (Wildman–Crippen LogP) is 2.17. The van der Waals surface area contributed by atoms with Crippen molar-refractivity contribution < 1.29 is 0 Å². The van der Waals surface area contributed by atoms with Gasteiger partial charge in [-0.15, -0.1) is 0 Å². The molecular weight excluding hydrogens is 122 g/mol. The molecule has 1 rings (SSSR count). The van der Waals surface area contributed by atoms with E-state index in [9.17, 15) is 0 Å². The molecule has 0 spiro atoms. The van der Waals surface area contributed by atoms with Crippen LogP contribution in [0.5, 0.6) is 0 Å². The highest BCUT2D eigenvalue weighted by molar-refractivity contribution is 5.00. The van der Waals surface area contributed by atoms with Crippen LogP contribution < -0.4 is 5.32 Å². The van der Waals surface area contributed by atoms with Crippen LogP contribution >= 0.6 is 0 Å². The fraction of sp³-hybridized carbons (Fsp3) is 1.00. The Kier molecular flexibility index (Phi) is 2.35. The van der Waals surface area contributed by atoms with Gasteiger partial charge < -0.3 is 5.32 Å². The van der Waals surface area contributed by atoms with Gasteiger partial charge in [0.2, 0.25) is 0 Å². The van der Waals surface area contributed by atoms with Crippen molar-refractivity contribution in [2.24, 2.45) is 5.92 Å². The Morgan fingerprint density at radius 2 is 2.00 bits per heavy atom. The van der Waals surface area contributed by atoms with Gasteiger partial charge in [0.25, 0.3) is 0 Å². The first kappa shape index (κ1) is 8.06. The third-order valence-corrected chi connectivity index (χ3v) is 2.42. The van der Waals surface area contributed by atoms with Gasteiger partial charge in [0.15, 0.2) is 0 Å². The fourth-order valence-corrected chi connectivity index (χ4v) is 1.23. The molecule has 0 amide bonds. The fourth-order valence-electron chi connectivity index (χ4n) is 1.23. The lowest BCUT2D eigenvalue weighted by molar-refractivity contribution is 0.438. The van der Waals surface area contributed by atoms with Gasteiger partial charge in [-0.25, -0.2) is 0 Å². The van der Waals surface area contributed by atoms with Crippen LogP contribution in [0.25, 0.3) is 0 Å². The summed E-state index contributed by atoms with van der Waals surface area (Å²) < 4.78 is 0. The summed E-state index contributed by atoms with van der Waals surface area (Å²) in [6.45, 7) is 7.99. The van der Waals surface area contributed by atoms with Crippen LogP contribution in [0.2, 0.25) is 0 Å². The quantitative estimate of drug-likeness (QED) is 0.632. The van der Waals surface area contributed by atoms with Crippen molar-refractivity contribution in [1.82, 2.24) is 5.32 Å². The maximum Gasteiger partial charge on any atom is 0.0180 e. The van der Waals surface area contributed by atoms with Crippen molar-refractivity contribution >= 4 is 0 Å². The molecule has 1 aliphatic rings. The minimum atomic E-state index is 0.574. The molecule has 60 valence electrons. The Morgan fingerprint density at radius 1 is 1.40 bits per heavy atom. The van der Waals surface area contributed by atoms with Crippen molar-refractivity contribution in [3.63, 3.8) is 0 Å². The smallest absolute Gasteiger partial charge is 0.0180 e. The maximum absolute atomic E-state index is 3.62. The summed E-state index contributed by atoms with van der Waals surface area (Å²) in [4.78, 5) is 0. The monoisotopic (exact) mass is 141 g/mol. The second-order valence-electron chi connectivity index (χ2n) is 3.91. The van der Waals surface area contributed by atoms with Crippen molar-refractivity contribution in [3.8, 4) is 0 Å². The molecule has 0 aromatic heterocycles. The second-order valence-corrected chi connectivity index (χ2v) is 3.91. The summed E-state index contributed by atoms with van der Waals surface area (Å²) in [5.74, 6) is 0.795. The average Bonchev–Trinajstić information content (AvgIpc) is 2.64. The number of nitrogens with one attached hydrogen (secondary N) is 1. The Morgan fingerprint density at radius 3 is 2.30 bits per heavy atom. The molecule has 0 heterocycles. The van der Waals surface area contributed by atoms with E-state index in [1.54, 1.807) is 0 Å². The van der Waals surface area contributed by atoms with Crippen LogP contribution in [0.1, 0.15) is 40.0 Å². The Bertz CT molecular complexity index is 103. The number of hydrogen-bond donors (Lipinski definition) is 1. The van der Waals surface area contributed by atoms with Gasteiger partial charge >= 0.3 is 0 Å². The number of hydrogen-bond acceptors (Lipinski definition) is 1. The summed E-state index contributed by atoms with van der Waals surface area (Å²) in [5.41, 5.74) is 0.574. The molecule has 1 saturated carbocycles. The van der Waals surface area contributed by atoms with E-state index < -0.39 is 0 Å². The average molecular weight is 141 g/mol. The molecule has 1 heteroatoms. The van der Waals surface area contributed by atoms with Crippen LogP contribution in [-0.4, -0.2) is 12.1 Å². The van der Waals surface area contributed by atoms with Crippen LogP contribution in [0.4, 0.5) is 0 Å². The summed E-state index contributed by atoms with van der Waals surface area (Å²) in [6, 6.07) is 0. The zero-order chi connectivity index (χ0) is 7.61. The van der Waals surface area contributed by atoms with Crippen LogP contribution in [0.15, 0.2) is 0 Å². The Balaban J connectivity index is 2.13. The van der Waals surface area contributed by atoms with E-state index >= 15 is 0 Å². The minimum absolute atomic E-state index is 0.574. The van der Waals surface area contributed by atoms with Gasteiger partial charge in [0.05, 0.1) is 0 Å². The summed E-state index contributed by atoms with van der Waals surface area (Å²) >= 11 is 0. The lowest BCUT2D eigenvalue weighted by Gasteiger charge is -2.16. The summed E-state index contributed by atoms with van der Waals surface area (Å²) in [6.07, 6.45) is 4.10. The van der Waals surface area contributed by atoms with Gasteiger partial charge in [-0.2, -0.15) is 0 Å². The van der Waals surface area contributed by atoms with Gasteiger partial charge in [-0.3, -0.25) is 0 Å². The molecule has 1 fully saturated rings. The van der Waals surface area contributed by atoms with Crippen LogP contribution in [0.3, 0.4) is 0 Å².